The molecule has 2 rings (SSSR count). The molecule has 0 unspecified atom stereocenters. The van der Waals surface area contributed by atoms with E-state index in [4.69, 9.17) is 17.2 Å². The van der Waals surface area contributed by atoms with Gasteiger partial charge in [0, 0.05) is 19.4 Å². The lowest BCUT2D eigenvalue weighted by molar-refractivity contribution is -0.144. The van der Waals surface area contributed by atoms with Crippen molar-refractivity contribution in [1.29, 1.82) is 0 Å². The topological polar surface area (TPSA) is 392 Å². The quantitative estimate of drug-likeness (QED) is 0.0217. The van der Waals surface area contributed by atoms with Gasteiger partial charge in [0.2, 0.25) is 41.4 Å². The number of rotatable bonds is 28. The molecule has 0 spiro atoms. The number of aliphatic hydroxyl groups excluding tert-OH is 2. The van der Waals surface area contributed by atoms with E-state index in [-0.39, 0.29) is 43.9 Å². The Bertz CT molecular complexity index is 1900. The molecular formula is C40H59N11O12S. The Kier molecular flexibility index (Phi) is 23.7. The molecule has 0 bridgehead atoms. The minimum Gasteiger partial charge on any atom is -0.508 e. The summed E-state index contributed by atoms with van der Waals surface area (Å²) in [7, 11) is 0. The molecule has 0 saturated heterocycles. The third kappa shape index (κ3) is 20.1. The molecule has 0 saturated carbocycles. The molecule has 2 aromatic carbocycles. The molecule has 0 heterocycles. The van der Waals surface area contributed by atoms with Gasteiger partial charge in [-0.25, -0.2) is 4.79 Å². The number of hydrogen-bond donors (Lipinski definition) is 14. The van der Waals surface area contributed by atoms with Crippen LogP contribution in [0.1, 0.15) is 37.3 Å². The minimum atomic E-state index is -1.72. The van der Waals surface area contributed by atoms with E-state index in [1.807, 2.05) is 5.32 Å². The summed E-state index contributed by atoms with van der Waals surface area (Å²) in [6.45, 7) is -0.838. The number of phenols is 1. The zero-order valence-electron chi connectivity index (χ0n) is 35.5. The normalized spacial score (nSPS) is 14.1. The molecule has 17 N–H and O–H groups in total. The van der Waals surface area contributed by atoms with Crippen LogP contribution in [-0.2, 0) is 51.2 Å². The van der Waals surface area contributed by atoms with Gasteiger partial charge in [0.15, 0.2) is 5.96 Å². The molecule has 0 aliphatic rings. The zero-order chi connectivity index (χ0) is 47.8. The highest BCUT2D eigenvalue weighted by molar-refractivity contribution is 7.98. The molecule has 24 heteroatoms. The van der Waals surface area contributed by atoms with E-state index in [0.29, 0.717) is 23.3 Å². The highest BCUT2D eigenvalue weighted by atomic mass is 32.2. The Morgan fingerprint density at radius 2 is 1.25 bits per heavy atom. The van der Waals surface area contributed by atoms with Crippen molar-refractivity contribution in [2.75, 3.05) is 38.2 Å². The first-order valence-electron chi connectivity index (χ1n) is 20.0. The number of phenolic OH excluding ortho intramolecular Hbond substituents is 1. The average Bonchev–Trinajstić information content (AvgIpc) is 3.25. The molecule has 0 aliphatic heterocycles. The van der Waals surface area contributed by atoms with E-state index in [9.17, 15) is 58.8 Å². The van der Waals surface area contributed by atoms with Crippen molar-refractivity contribution in [1.82, 2.24) is 37.2 Å². The lowest BCUT2D eigenvalue weighted by Gasteiger charge is -2.27. The van der Waals surface area contributed by atoms with Crippen molar-refractivity contribution in [2.45, 2.75) is 81.4 Å². The Labute approximate surface area is 373 Å². The predicted octanol–water partition coefficient (Wildman–Crippen LogP) is -4.57. The third-order valence-electron chi connectivity index (χ3n) is 9.22. The summed E-state index contributed by atoms with van der Waals surface area (Å²) in [6, 6.07) is 6.16. The van der Waals surface area contributed by atoms with Gasteiger partial charge in [0.25, 0.3) is 0 Å². The smallest absolute Gasteiger partial charge is 0.328 e. The molecule has 2 aromatic rings. The standard InChI is InChI=1S/C40H59N11O12S/c1-22(53)33(38(61)50-30(21-52)39(62)63)51-36(59)27(14-16-64-2)48-37(60)29(17-23-7-4-3-5-8-23)47-32(56)20-45-31(55)19-46-35(58)28(18-24-10-12-25(54)13-11-24)49-34(57)26(41)9-6-15-44-40(42)43/h3-5,7-8,10-13,22,26-30,33,52-54H,6,9,14-21,41H2,1-2H3,(H,45,55)(H,46,58)(H,47,56)(H,48,60)(H,49,57)(H,50,61)(H,51,59)(H,62,63)(H4,42,43,44)/t22-,26+,27+,28+,29+,30+,33+/m1/s1. The Morgan fingerprint density at radius 3 is 1.83 bits per heavy atom. The number of aliphatic hydroxyl groups is 2. The molecule has 7 amide bonds. The van der Waals surface area contributed by atoms with Gasteiger partial charge in [-0.15, -0.1) is 0 Å². The summed E-state index contributed by atoms with van der Waals surface area (Å²) in [5.41, 5.74) is 17.8. The number of carboxylic acid groups (broad SMARTS) is 1. The summed E-state index contributed by atoms with van der Waals surface area (Å²) >= 11 is 1.34. The SMILES string of the molecule is CSCC[C@H](NC(=O)[C@H](Cc1ccccc1)NC(=O)CNC(=O)CNC(=O)[C@H](Cc1ccc(O)cc1)NC(=O)[C@@H](N)CCCN=C(N)N)C(=O)N[C@H](C(=O)N[C@@H](CO)C(=O)O)[C@@H](C)O. The number of carbonyl (C=O) groups excluding carboxylic acids is 7. The highest BCUT2D eigenvalue weighted by Gasteiger charge is 2.33. The molecule has 0 fully saturated rings. The number of nitrogens with two attached hydrogens (primary N) is 3. The van der Waals surface area contributed by atoms with Crippen LogP contribution in [0.25, 0.3) is 0 Å². The van der Waals surface area contributed by atoms with Gasteiger partial charge in [-0.05, 0) is 61.5 Å². The van der Waals surface area contributed by atoms with Crippen molar-refractivity contribution >= 4 is 65.0 Å². The van der Waals surface area contributed by atoms with E-state index in [2.05, 4.69) is 36.9 Å². The van der Waals surface area contributed by atoms with Crippen LogP contribution in [0, 0.1) is 0 Å². The fourth-order valence-electron chi connectivity index (χ4n) is 5.73. The van der Waals surface area contributed by atoms with Crippen LogP contribution in [0.15, 0.2) is 59.6 Å². The lowest BCUT2D eigenvalue weighted by atomic mass is 10.0. The summed E-state index contributed by atoms with van der Waals surface area (Å²) < 4.78 is 0. The first-order chi connectivity index (χ1) is 30.3. The average molecular weight is 918 g/mol. The molecule has 0 radical (unpaired) electrons. The van der Waals surface area contributed by atoms with Crippen LogP contribution in [-0.4, -0.2) is 154 Å². The molecule has 64 heavy (non-hydrogen) atoms. The number of nitrogens with one attached hydrogen (secondary N) is 7. The summed E-state index contributed by atoms with van der Waals surface area (Å²) in [4.78, 5) is 107. The van der Waals surface area contributed by atoms with Gasteiger partial charge in [-0.1, -0.05) is 42.5 Å². The monoisotopic (exact) mass is 917 g/mol. The second kappa shape index (κ2) is 28.2. The number of hydrogen-bond acceptors (Lipinski definition) is 14. The van der Waals surface area contributed by atoms with E-state index in [0.717, 1.165) is 0 Å². The zero-order valence-corrected chi connectivity index (χ0v) is 36.3. The second-order valence-electron chi connectivity index (χ2n) is 14.4. The molecular weight excluding hydrogens is 859 g/mol. The van der Waals surface area contributed by atoms with Crippen molar-refractivity contribution < 1.29 is 58.8 Å². The fraction of sp³-hybridized carbons (Fsp3) is 0.475. The van der Waals surface area contributed by atoms with Gasteiger partial charge in [-0.2, -0.15) is 11.8 Å². The Balaban J connectivity index is 2.13. The number of amides is 7. The van der Waals surface area contributed by atoms with E-state index >= 15 is 0 Å². The van der Waals surface area contributed by atoms with Crippen LogP contribution in [0.5, 0.6) is 5.75 Å². The minimum absolute atomic E-state index is 0.0210. The Hall–Kier alpha value is -6.50. The van der Waals surface area contributed by atoms with E-state index in [1.165, 1.54) is 30.8 Å². The van der Waals surface area contributed by atoms with Crippen molar-refractivity contribution in [2.24, 2.45) is 22.2 Å². The number of thioether (sulfide) groups is 1. The largest absolute Gasteiger partial charge is 0.508 e. The van der Waals surface area contributed by atoms with Gasteiger partial charge in [0.05, 0.1) is 31.8 Å². The number of carbonyl (C=O) groups is 8. The Morgan fingerprint density at radius 1 is 0.688 bits per heavy atom. The number of nitrogens with zero attached hydrogens (tertiary/aromatic N) is 1. The van der Waals surface area contributed by atoms with Gasteiger partial charge >= 0.3 is 5.97 Å². The summed E-state index contributed by atoms with van der Waals surface area (Å²) in [6.07, 6.45) is 0.708. The third-order valence-corrected chi connectivity index (χ3v) is 9.86. The number of carboxylic acids is 1. The number of benzene rings is 2. The number of aromatic hydroxyl groups is 1. The summed E-state index contributed by atoms with van der Waals surface area (Å²) in [5.74, 6) is -7.24. The maximum absolute atomic E-state index is 13.8. The maximum Gasteiger partial charge on any atom is 0.328 e. The number of aliphatic imine (C=N–C) groups is 1. The van der Waals surface area contributed by atoms with Crippen LogP contribution in [0.3, 0.4) is 0 Å². The van der Waals surface area contributed by atoms with Crippen LogP contribution in [0.4, 0.5) is 0 Å². The van der Waals surface area contributed by atoms with E-state index in [1.54, 1.807) is 48.7 Å². The number of aliphatic carboxylic acids is 1. The predicted molar refractivity (Wildman–Crippen MR) is 235 cm³/mol. The molecule has 352 valence electrons. The van der Waals surface area contributed by atoms with E-state index < -0.39 is 109 Å². The first kappa shape index (κ1) is 53.6. The second-order valence-corrected chi connectivity index (χ2v) is 15.4. The van der Waals surface area contributed by atoms with Crippen LogP contribution >= 0.6 is 11.8 Å². The maximum atomic E-state index is 13.8. The molecule has 7 atom stereocenters. The first-order valence-corrected chi connectivity index (χ1v) is 21.4. The van der Waals surface area contributed by atoms with Crippen molar-refractivity contribution in [3.05, 3.63) is 65.7 Å². The number of guanidine groups is 1. The summed E-state index contributed by atoms with van der Waals surface area (Å²) in [5, 5.41) is 55.2. The van der Waals surface area contributed by atoms with Crippen LogP contribution < -0.4 is 54.4 Å². The fourth-order valence-corrected chi connectivity index (χ4v) is 6.20. The van der Waals surface area contributed by atoms with Crippen LogP contribution in [0.2, 0.25) is 0 Å². The van der Waals surface area contributed by atoms with Gasteiger partial charge in [0.1, 0.15) is 36.0 Å². The molecule has 0 aliphatic carbocycles. The van der Waals surface area contributed by atoms with Gasteiger partial charge < -0.3 is 74.8 Å². The lowest BCUT2D eigenvalue weighted by Crippen LogP contribution is -2.60. The molecule has 23 nitrogen and oxygen atoms in total. The molecule has 0 aromatic heterocycles. The highest BCUT2D eigenvalue weighted by Crippen LogP contribution is 2.12. The van der Waals surface area contributed by atoms with Gasteiger partial charge in [-0.3, -0.25) is 38.6 Å². The van der Waals surface area contributed by atoms with Crippen molar-refractivity contribution in [3.63, 3.8) is 0 Å². The van der Waals surface area contributed by atoms with Crippen molar-refractivity contribution in [3.8, 4) is 5.75 Å².